The van der Waals surface area contributed by atoms with E-state index in [1.165, 1.54) is 7.11 Å². The average Bonchev–Trinajstić information content (AvgIpc) is 2.43. The minimum absolute atomic E-state index is 0.153. The zero-order valence-electron chi connectivity index (χ0n) is 11.9. The molecule has 0 radical (unpaired) electrons. The van der Waals surface area contributed by atoms with Gasteiger partial charge in [0.05, 0.1) is 13.7 Å². The number of rotatable bonds is 6. The number of guanidine groups is 1. The van der Waals surface area contributed by atoms with Gasteiger partial charge in [-0.15, -0.1) is 0 Å². The lowest BCUT2D eigenvalue weighted by atomic mass is 10.2. The second-order valence-corrected chi connectivity index (χ2v) is 4.09. The molecule has 3 N–H and O–H groups in total. The Morgan fingerprint density at radius 1 is 1.32 bits per heavy atom. The number of aromatic hydroxyl groups is 1. The Hall–Kier alpha value is -1.91. The number of phenols is 1. The minimum Gasteiger partial charge on any atom is -0.504 e. The maximum atomic E-state index is 9.97. The number of hydrogen-bond acceptors (Lipinski definition) is 3. The van der Waals surface area contributed by atoms with E-state index in [1.807, 2.05) is 19.1 Å². The maximum absolute atomic E-state index is 9.97. The summed E-state index contributed by atoms with van der Waals surface area (Å²) in [5, 5.41) is 16.3. The molecular formula is C14H23N3O2. The molecule has 0 aliphatic carbocycles. The number of phenolic OH excluding ortho intramolecular Hbond substituents is 1. The van der Waals surface area contributed by atoms with E-state index in [0.717, 1.165) is 31.0 Å². The molecule has 5 heteroatoms. The van der Waals surface area contributed by atoms with Gasteiger partial charge in [-0.1, -0.05) is 19.1 Å². The van der Waals surface area contributed by atoms with Crippen molar-refractivity contribution in [1.29, 1.82) is 0 Å². The standard InChI is InChI=1S/C14H23N3O2/c1-4-9-16-14(15-5-2)17-10-11-7-6-8-12(19-3)13(11)18/h6-8,18H,4-5,9-10H2,1-3H3,(H2,15,16,17). The third kappa shape index (κ3) is 4.69. The van der Waals surface area contributed by atoms with Crippen LogP contribution in [0.3, 0.4) is 0 Å². The van der Waals surface area contributed by atoms with E-state index in [0.29, 0.717) is 12.3 Å². The summed E-state index contributed by atoms with van der Waals surface area (Å²) in [5.41, 5.74) is 0.744. The lowest BCUT2D eigenvalue weighted by Crippen LogP contribution is -2.37. The highest BCUT2D eigenvalue weighted by atomic mass is 16.5. The molecule has 0 aromatic heterocycles. The normalized spacial score (nSPS) is 11.2. The molecule has 0 aliphatic heterocycles. The minimum atomic E-state index is 0.153. The second-order valence-electron chi connectivity index (χ2n) is 4.09. The number of para-hydroxylation sites is 1. The molecule has 0 amide bonds. The van der Waals surface area contributed by atoms with Gasteiger partial charge >= 0.3 is 0 Å². The first-order chi connectivity index (χ1) is 9.22. The van der Waals surface area contributed by atoms with E-state index in [9.17, 15) is 5.11 Å². The summed E-state index contributed by atoms with van der Waals surface area (Å²) in [6.45, 7) is 6.20. The fourth-order valence-corrected chi connectivity index (χ4v) is 1.61. The van der Waals surface area contributed by atoms with Crippen LogP contribution in [-0.4, -0.2) is 31.3 Å². The average molecular weight is 265 g/mol. The van der Waals surface area contributed by atoms with Gasteiger partial charge in [0.1, 0.15) is 0 Å². The number of ether oxygens (including phenoxy) is 1. The molecule has 106 valence electrons. The van der Waals surface area contributed by atoms with Crippen LogP contribution in [0.1, 0.15) is 25.8 Å². The highest BCUT2D eigenvalue weighted by Crippen LogP contribution is 2.29. The van der Waals surface area contributed by atoms with Gasteiger partial charge in [-0.3, -0.25) is 0 Å². The van der Waals surface area contributed by atoms with E-state index in [4.69, 9.17) is 4.74 Å². The van der Waals surface area contributed by atoms with E-state index >= 15 is 0 Å². The molecule has 0 aliphatic rings. The van der Waals surface area contributed by atoms with Gasteiger partial charge in [-0.2, -0.15) is 0 Å². The molecule has 0 heterocycles. The molecule has 0 saturated heterocycles. The summed E-state index contributed by atoms with van der Waals surface area (Å²) in [4.78, 5) is 4.44. The number of nitrogens with zero attached hydrogens (tertiary/aromatic N) is 1. The Morgan fingerprint density at radius 3 is 2.74 bits per heavy atom. The van der Waals surface area contributed by atoms with Crippen LogP contribution in [0, 0.1) is 0 Å². The van der Waals surface area contributed by atoms with Gasteiger partial charge in [-0.05, 0) is 19.4 Å². The number of hydrogen-bond donors (Lipinski definition) is 3. The number of benzene rings is 1. The summed E-state index contributed by atoms with van der Waals surface area (Å²) in [5.74, 6) is 1.38. The monoisotopic (exact) mass is 265 g/mol. The Morgan fingerprint density at radius 2 is 2.11 bits per heavy atom. The third-order valence-corrected chi connectivity index (χ3v) is 2.60. The van der Waals surface area contributed by atoms with Crippen LogP contribution in [0.2, 0.25) is 0 Å². The van der Waals surface area contributed by atoms with E-state index < -0.39 is 0 Å². The van der Waals surface area contributed by atoms with Crippen LogP contribution in [0.4, 0.5) is 0 Å². The molecule has 0 fully saturated rings. The van der Waals surface area contributed by atoms with Crippen LogP contribution >= 0.6 is 0 Å². The first kappa shape index (κ1) is 15.1. The summed E-state index contributed by atoms with van der Waals surface area (Å²) in [7, 11) is 1.54. The largest absolute Gasteiger partial charge is 0.504 e. The zero-order chi connectivity index (χ0) is 14.1. The zero-order valence-corrected chi connectivity index (χ0v) is 11.9. The van der Waals surface area contributed by atoms with Crippen LogP contribution in [0.25, 0.3) is 0 Å². The van der Waals surface area contributed by atoms with Crippen molar-refractivity contribution in [3.63, 3.8) is 0 Å². The third-order valence-electron chi connectivity index (χ3n) is 2.60. The fourth-order valence-electron chi connectivity index (χ4n) is 1.61. The van der Waals surface area contributed by atoms with Crippen molar-refractivity contribution < 1.29 is 9.84 Å². The summed E-state index contributed by atoms with van der Waals surface area (Å²) < 4.78 is 5.08. The lowest BCUT2D eigenvalue weighted by Gasteiger charge is -2.11. The predicted molar refractivity (Wildman–Crippen MR) is 77.8 cm³/mol. The molecule has 5 nitrogen and oxygen atoms in total. The van der Waals surface area contributed by atoms with Crippen molar-refractivity contribution in [1.82, 2.24) is 10.6 Å². The smallest absolute Gasteiger partial charge is 0.191 e. The highest BCUT2D eigenvalue weighted by molar-refractivity contribution is 5.79. The van der Waals surface area contributed by atoms with Crippen LogP contribution < -0.4 is 15.4 Å². The molecular weight excluding hydrogens is 242 g/mol. The second kappa shape index (κ2) is 8.24. The van der Waals surface area contributed by atoms with Crippen molar-refractivity contribution in [2.75, 3.05) is 20.2 Å². The number of methoxy groups -OCH3 is 1. The molecule has 0 unspecified atom stereocenters. The van der Waals surface area contributed by atoms with Gasteiger partial charge in [0.2, 0.25) is 0 Å². The van der Waals surface area contributed by atoms with Crippen molar-refractivity contribution in [3.8, 4) is 11.5 Å². The molecule has 0 atom stereocenters. The number of nitrogens with one attached hydrogen (secondary N) is 2. The van der Waals surface area contributed by atoms with Crippen molar-refractivity contribution in [2.24, 2.45) is 4.99 Å². The molecule has 0 bridgehead atoms. The van der Waals surface area contributed by atoms with Gasteiger partial charge < -0.3 is 20.5 Å². The van der Waals surface area contributed by atoms with Gasteiger partial charge in [-0.25, -0.2) is 4.99 Å². The molecule has 1 aromatic rings. The van der Waals surface area contributed by atoms with Crippen molar-refractivity contribution in [2.45, 2.75) is 26.8 Å². The summed E-state index contributed by atoms with van der Waals surface area (Å²) in [6.07, 6.45) is 1.04. The SMILES string of the molecule is CCCNC(=NCc1cccc(OC)c1O)NCC. The Kier molecular flexibility index (Phi) is 6.57. The molecule has 1 rings (SSSR count). The highest BCUT2D eigenvalue weighted by Gasteiger charge is 2.06. The predicted octanol–water partition coefficient (Wildman–Crippen LogP) is 1.87. The summed E-state index contributed by atoms with van der Waals surface area (Å²) in [6, 6.07) is 5.41. The molecule has 0 saturated carbocycles. The van der Waals surface area contributed by atoms with Crippen LogP contribution in [0.5, 0.6) is 11.5 Å². The fraction of sp³-hybridized carbons (Fsp3) is 0.500. The van der Waals surface area contributed by atoms with Crippen LogP contribution in [-0.2, 0) is 6.54 Å². The Balaban J connectivity index is 2.76. The van der Waals surface area contributed by atoms with Gasteiger partial charge in [0.15, 0.2) is 17.5 Å². The Bertz CT molecular complexity index is 419. The van der Waals surface area contributed by atoms with Crippen LogP contribution in [0.15, 0.2) is 23.2 Å². The quantitative estimate of drug-likeness (QED) is 0.542. The Labute approximate surface area is 114 Å². The van der Waals surface area contributed by atoms with E-state index in [1.54, 1.807) is 6.07 Å². The molecule has 1 aromatic carbocycles. The van der Waals surface area contributed by atoms with Gasteiger partial charge in [0, 0.05) is 18.7 Å². The first-order valence-electron chi connectivity index (χ1n) is 6.59. The summed E-state index contributed by atoms with van der Waals surface area (Å²) >= 11 is 0. The van der Waals surface area contributed by atoms with Crippen molar-refractivity contribution >= 4 is 5.96 Å². The van der Waals surface area contributed by atoms with Crippen molar-refractivity contribution in [3.05, 3.63) is 23.8 Å². The maximum Gasteiger partial charge on any atom is 0.191 e. The lowest BCUT2D eigenvalue weighted by molar-refractivity contribution is 0.370. The van der Waals surface area contributed by atoms with Gasteiger partial charge in [0.25, 0.3) is 0 Å². The number of aliphatic imine (C=N–C) groups is 1. The first-order valence-corrected chi connectivity index (χ1v) is 6.59. The molecule has 19 heavy (non-hydrogen) atoms. The van der Waals surface area contributed by atoms with E-state index in [-0.39, 0.29) is 5.75 Å². The molecule has 0 spiro atoms. The van der Waals surface area contributed by atoms with E-state index in [2.05, 4.69) is 22.5 Å². The topological polar surface area (TPSA) is 65.9 Å².